The van der Waals surface area contributed by atoms with Crippen LogP contribution in [0, 0.1) is 20.8 Å². The summed E-state index contributed by atoms with van der Waals surface area (Å²) in [7, 11) is 2.19. The summed E-state index contributed by atoms with van der Waals surface area (Å²) in [5.41, 5.74) is 12.8. The average molecular weight is 481 g/mol. The van der Waals surface area contributed by atoms with Crippen molar-refractivity contribution in [3.05, 3.63) is 131 Å². The Labute approximate surface area is 219 Å². The van der Waals surface area contributed by atoms with Gasteiger partial charge in [-0.15, -0.1) is 0 Å². The van der Waals surface area contributed by atoms with Crippen LogP contribution in [0.2, 0.25) is 0 Å². The summed E-state index contributed by atoms with van der Waals surface area (Å²) in [6.45, 7) is 7.44. The van der Waals surface area contributed by atoms with Gasteiger partial charge in [0.2, 0.25) is 22.4 Å². The number of hydrogen-bond donors (Lipinski definition) is 0. The second kappa shape index (κ2) is 9.29. The molecule has 0 amide bonds. The molecule has 0 radical (unpaired) electrons. The van der Waals surface area contributed by atoms with E-state index in [0.29, 0.717) is 0 Å². The van der Waals surface area contributed by atoms with Gasteiger partial charge in [-0.2, -0.15) is 9.13 Å². The molecule has 0 aliphatic rings. The van der Waals surface area contributed by atoms with Gasteiger partial charge < -0.3 is 0 Å². The molecule has 0 N–H and O–H groups in total. The third kappa shape index (κ3) is 4.09. The number of aromatic nitrogens is 2. The molecule has 6 aromatic rings. The molecular weight excluding hydrogens is 448 g/mol. The highest BCUT2D eigenvalue weighted by Crippen LogP contribution is 2.30. The van der Waals surface area contributed by atoms with Gasteiger partial charge in [-0.25, -0.2) is 0 Å². The monoisotopic (exact) mass is 480 g/mol. The predicted octanol–water partition coefficient (Wildman–Crippen LogP) is 7.41. The van der Waals surface area contributed by atoms with Gasteiger partial charge in [0.05, 0.1) is 5.56 Å². The Hall–Kier alpha value is -4.30. The SMILES string of the molecule is Cc1cc(C)c(-c2ccc3ccccc3[n+]2C)c(C[n+]2c(-c3ccccc3C)ccc3ccccc32)c1. The highest BCUT2D eigenvalue weighted by Gasteiger charge is 2.25. The summed E-state index contributed by atoms with van der Waals surface area (Å²) >= 11 is 0. The van der Waals surface area contributed by atoms with Gasteiger partial charge in [0.15, 0.2) is 6.54 Å². The van der Waals surface area contributed by atoms with Crippen molar-refractivity contribution in [3.8, 4) is 22.5 Å². The summed E-state index contributed by atoms with van der Waals surface area (Å²) in [5.74, 6) is 0. The average Bonchev–Trinajstić information content (AvgIpc) is 2.90. The summed E-state index contributed by atoms with van der Waals surface area (Å²) in [5, 5.41) is 2.51. The van der Waals surface area contributed by atoms with Crippen LogP contribution in [0.3, 0.4) is 0 Å². The van der Waals surface area contributed by atoms with E-state index in [4.69, 9.17) is 0 Å². The standard InChI is InChI=1S/C35H32N2/c1-24-21-26(3)35(34-20-18-27-12-6-9-15-31(27)36(34)4)29(22-24)23-37-32-16-10-7-13-28(32)17-19-33(37)30-14-8-5-11-25(30)2/h5-22H,23H2,1-4H3/q+2. The normalized spacial score (nSPS) is 11.4. The van der Waals surface area contributed by atoms with Crippen LogP contribution in [-0.4, -0.2) is 0 Å². The van der Waals surface area contributed by atoms with Crippen molar-refractivity contribution in [3.63, 3.8) is 0 Å². The number of fused-ring (bicyclic) bond motifs is 2. The van der Waals surface area contributed by atoms with Crippen molar-refractivity contribution < 1.29 is 9.13 Å². The molecule has 0 aliphatic heterocycles. The van der Waals surface area contributed by atoms with Gasteiger partial charge in [0, 0.05) is 46.2 Å². The van der Waals surface area contributed by atoms with Crippen molar-refractivity contribution >= 4 is 21.8 Å². The second-order valence-electron chi connectivity index (χ2n) is 10.1. The fourth-order valence-corrected chi connectivity index (χ4v) is 5.84. The Balaban J connectivity index is 1.61. The zero-order valence-electron chi connectivity index (χ0n) is 22.0. The van der Waals surface area contributed by atoms with Crippen LogP contribution in [-0.2, 0) is 13.6 Å². The van der Waals surface area contributed by atoms with Crippen molar-refractivity contribution in [2.75, 3.05) is 0 Å². The molecule has 0 saturated carbocycles. The van der Waals surface area contributed by atoms with Gasteiger partial charge in [-0.1, -0.05) is 54.1 Å². The summed E-state index contributed by atoms with van der Waals surface area (Å²) < 4.78 is 4.84. The van der Waals surface area contributed by atoms with Gasteiger partial charge in [0.25, 0.3) is 0 Å². The van der Waals surface area contributed by atoms with E-state index in [-0.39, 0.29) is 0 Å². The molecule has 0 bridgehead atoms. The van der Waals surface area contributed by atoms with E-state index in [1.165, 1.54) is 66.6 Å². The lowest BCUT2D eigenvalue weighted by Crippen LogP contribution is -2.39. The first-order valence-corrected chi connectivity index (χ1v) is 13.0. The molecule has 0 spiro atoms. The number of benzene rings is 4. The van der Waals surface area contributed by atoms with Crippen LogP contribution in [0.4, 0.5) is 0 Å². The van der Waals surface area contributed by atoms with Crippen LogP contribution < -0.4 is 9.13 Å². The zero-order chi connectivity index (χ0) is 25.5. The number of nitrogens with zero attached hydrogens (tertiary/aromatic N) is 2. The van der Waals surface area contributed by atoms with Crippen molar-refractivity contribution in [1.82, 2.24) is 0 Å². The van der Waals surface area contributed by atoms with Crippen LogP contribution >= 0.6 is 0 Å². The Morgan fingerprint density at radius 1 is 0.568 bits per heavy atom. The molecule has 0 unspecified atom stereocenters. The molecule has 0 aliphatic carbocycles. The maximum Gasteiger partial charge on any atom is 0.213 e. The lowest BCUT2D eigenvalue weighted by molar-refractivity contribution is -0.651. The van der Waals surface area contributed by atoms with Gasteiger partial charge >= 0.3 is 0 Å². The van der Waals surface area contributed by atoms with E-state index in [1.807, 2.05) is 0 Å². The molecular formula is C35H32N2+2. The fourth-order valence-electron chi connectivity index (χ4n) is 5.84. The van der Waals surface area contributed by atoms with Crippen molar-refractivity contribution in [2.45, 2.75) is 27.3 Å². The molecule has 180 valence electrons. The molecule has 0 atom stereocenters. The minimum absolute atomic E-state index is 0.787. The number of aryl methyl sites for hydroxylation is 4. The van der Waals surface area contributed by atoms with E-state index in [2.05, 4.69) is 146 Å². The van der Waals surface area contributed by atoms with Crippen molar-refractivity contribution in [1.29, 1.82) is 0 Å². The second-order valence-corrected chi connectivity index (χ2v) is 10.1. The maximum absolute atomic E-state index is 2.50. The lowest BCUT2D eigenvalue weighted by atomic mass is 9.94. The third-order valence-electron chi connectivity index (χ3n) is 7.59. The minimum Gasteiger partial charge on any atom is -0.194 e. The first-order chi connectivity index (χ1) is 18.0. The number of para-hydroxylation sites is 2. The molecule has 4 aromatic carbocycles. The van der Waals surface area contributed by atoms with Crippen LogP contribution in [0.1, 0.15) is 22.3 Å². The van der Waals surface area contributed by atoms with Gasteiger partial charge in [-0.05, 0) is 68.3 Å². The van der Waals surface area contributed by atoms with Gasteiger partial charge in [0.1, 0.15) is 7.05 Å². The van der Waals surface area contributed by atoms with Crippen LogP contribution in [0.25, 0.3) is 44.3 Å². The molecule has 0 fully saturated rings. The highest BCUT2D eigenvalue weighted by molar-refractivity contribution is 5.79. The smallest absolute Gasteiger partial charge is 0.194 e. The molecule has 0 saturated heterocycles. The summed E-state index contributed by atoms with van der Waals surface area (Å²) in [4.78, 5) is 0. The highest BCUT2D eigenvalue weighted by atomic mass is 15.0. The molecule has 37 heavy (non-hydrogen) atoms. The minimum atomic E-state index is 0.787. The largest absolute Gasteiger partial charge is 0.213 e. The molecule has 2 aromatic heterocycles. The molecule has 2 heteroatoms. The summed E-state index contributed by atoms with van der Waals surface area (Å²) in [6, 6.07) is 39.8. The topological polar surface area (TPSA) is 7.76 Å². The quantitative estimate of drug-likeness (QED) is 0.232. The van der Waals surface area contributed by atoms with E-state index in [0.717, 1.165) is 6.54 Å². The van der Waals surface area contributed by atoms with E-state index >= 15 is 0 Å². The third-order valence-corrected chi connectivity index (χ3v) is 7.59. The Bertz CT molecular complexity index is 1800. The van der Waals surface area contributed by atoms with E-state index in [1.54, 1.807) is 0 Å². The Morgan fingerprint density at radius 2 is 1.19 bits per heavy atom. The van der Waals surface area contributed by atoms with Gasteiger partial charge in [-0.3, -0.25) is 0 Å². The number of rotatable bonds is 4. The zero-order valence-corrected chi connectivity index (χ0v) is 22.0. The number of pyridine rings is 2. The Morgan fingerprint density at radius 3 is 1.95 bits per heavy atom. The van der Waals surface area contributed by atoms with E-state index < -0.39 is 0 Å². The van der Waals surface area contributed by atoms with E-state index in [9.17, 15) is 0 Å². The molecule has 2 heterocycles. The molecule has 6 rings (SSSR count). The van der Waals surface area contributed by atoms with Crippen LogP contribution in [0.15, 0.2) is 109 Å². The Kier molecular flexibility index (Phi) is 5.81. The van der Waals surface area contributed by atoms with Crippen LogP contribution in [0.5, 0.6) is 0 Å². The fraction of sp³-hybridized carbons (Fsp3) is 0.143. The first-order valence-electron chi connectivity index (χ1n) is 13.0. The summed E-state index contributed by atoms with van der Waals surface area (Å²) in [6.07, 6.45) is 0. The molecule has 2 nitrogen and oxygen atoms in total. The maximum atomic E-state index is 2.50. The number of hydrogen-bond acceptors (Lipinski definition) is 0. The first kappa shape index (κ1) is 23.1. The predicted molar refractivity (Wildman–Crippen MR) is 153 cm³/mol. The lowest BCUT2D eigenvalue weighted by Gasteiger charge is -2.15. The van der Waals surface area contributed by atoms with Crippen molar-refractivity contribution in [2.24, 2.45) is 7.05 Å².